The first kappa shape index (κ1) is 19.0. The highest BCUT2D eigenvalue weighted by Gasteiger charge is 2.15. The molecule has 0 atom stereocenters. The highest BCUT2D eigenvalue weighted by atomic mass is 32.1. The van der Waals surface area contributed by atoms with E-state index in [2.05, 4.69) is 15.3 Å². The molecular weight excluding hydrogens is 365 g/mol. The molecule has 2 heterocycles. The van der Waals surface area contributed by atoms with Crippen molar-refractivity contribution in [2.45, 2.75) is 26.9 Å². The number of halogens is 1. The maximum atomic E-state index is 12.9. The van der Waals surface area contributed by atoms with Crippen molar-refractivity contribution >= 4 is 17.2 Å². The molecule has 1 aromatic carbocycles. The highest BCUT2D eigenvalue weighted by Crippen LogP contribution is 2.20. The van der Waals surface area contributed by atoms with Gasteiger partial charge in [0.2, 0.25) is 0 Å². The quantitative estimate of drug-likeness (QED) is 0.671. The van der Waals surface area contributed by atoms with Crippen LogP contribution in [-0.4, -0.2) is 22.4 Å². The molecule has 1 amide bonds. The Bertz CT molecular complexity index is 908. The number of carbonyl (C=O) groups is 1. The Hall–Kier alpha value is -2.80. The minimum Gasteiger partial charge on any atom is -0.485 e. The van der Waals surface area contributed by atoms with Crippen LogP contribution in [-0.2, 0) is 13.0 Å². The summed E-state index contributed by atoms with van der Waals surface area (Å²) in [6.07, 6.45) is 2.30. The minimum atomic E-state index is -0.265. The van der Waals surface area contributed by atoms with Crippen LogP contribution in [0, 0.1) is 19.7 Å². The van der Waals surface area contributed by atoms with E-state index in [1.165, 1.54) is 23.5 Å². The van der Waals surface area contributed by atoms with E-state index >= 15 is 0 Å². The Morgan fingerprint density at radius 3 is 2.67 bits per heavy atom. The first-order valence-corrected chi connectivity index (χ1v) is 9.37. The molecule has 140 valence electrons. The largest absolute Gasteiger partial charge is 0.485 e. The number of pyridine rings is 1. The summed E-state index contributed by atoms with van der Waals surface area (Å²) in [4.78, 5) is 21.6. The summed E-state index contributed by atoms with van der Waals surface area (Å²) in [5.41, 5.74) is 2.57. The third kappa shape index (κ3) is 5.34. The van der Waals surface area contributed by atoms with Gasteiger partial charge in [0.1, 0.15) is 28.1 Å². The Labute approximate surface area is 161 Å². The number of nitrogens with zero attached hydrogens (tertiary/aromatic N) is 2. The van der Waals surface area contributed by atoms with Crippen molar-refractivity contribution < 1.29 is 13.9 Å². The van der Waals surface area contributed by atoms with E-state index in [1.807, 2.05) is 26.0 Å². The molecule has 0 spiro atoms. The van der Waals surface area contributed by atoms with Gasteiger partial charge in [-0.15, -0.1) is 11.3 Å². The Morgan fingerprint density at radius 1 is 1.19 bits per heavy atom. The van der Waals surface area contributed by atoms with Gasteiger partial charge in [-0.25, -0.2) is 9.37 Å². The maximum Gasteiger partial charge on any atom is 0.263 e. The zero-order chi connectivity index (χ0) is 19.2. The predicted molar refractivity (Wildman–Crippen MR) is 103 cm³/mol. The van der Waals surface area contributed by atoms with Gasteiger partial charge >= 0.3 is 0 Å². The third-order valence-corrected chi connectivity index (χ3v) is 5.04. The van der Waals surface area contributed by atoms with Gasteiger partial charge in [-0.2, -0.15) is 0 Å². The second-order valence-electron chi connectivity index (χ2n) is 6.08. The summed E-state index contributed by atoms with van der Waals surface area (Å²) in [6.45, 7) is 4.49. The normalized spacial score (nSPS) is 10.6. The van der Waals surface area contributed by atoms with E-state index in [0.717, 1.165) is 16.3 Å². The van der Waals surface area contributed by atoms with Gasteiger partial charge in [0.25, 0.3) is 5.91 Å². The van der Waals surface area contributed by atoms with Crippen LogP contribution in [0.15, 0.2) is 42.6 Å². The van der Waals surface area contributed by atoms with Crippen LogP contribution < -0.4 is 10.1 Å². The Kier molecular flexibility index (Phi) is 6.13. The van der Waals surface area contributed by atoms with Crippen molar-refractivity contribution in [1.82, 2.24) is 15.3 Å². The second-order valence-corrected chi connectivity index (χ2v) is 7.16. The lowest BCUT2D eigenvalue weighted by molar-refractivity contribution is 0.0957. The van der Waals surface area contributed by atoms with Crippen LogP contribution in [0.5, 0.6) is 5.75 Å². The SMILES string of the molecule is Cc1ccc(OCc2nc(C)c(C(=O)NCCc3ccc(F)cc3)s2)cn1. The number of aryl methyl sites for hydroxylation is 2. The molecule has 0 aliphatic rings. The van der Waals surface area contributed by atoms with Crippen molar-refractivity contribution in [1.29, 1.82) is 0 Å². The van der Waals surface area contributed by atoms with E-state index in [1.54, 1.807) is 18.3 Å². The molecule has 0 radical (unpaired) electrons. The number of aromatic nitrogens is 2. The molecule has 0 saturated heterocycles. The summed E-state index contributed by atoms with van der Waals surface area (Å²) in [7, 11) is 0. The zero-order valence-electron chi connectivity index (χ0n) is 15.2. The van der Waals surface area contributed by atoms with Crippen molar-refractivity contribution in [2.75, 3.05) is 6.54 Å². The lowest BCUT2D eigenvalue weighted by atomic mass is 10.1. The number of hydrogen-bond donors (Lipinski definition) is 1. The molecule has 5 nitrogen and oxygen atoms in total. The summed E-state index contributed by atoms with van der Waals surface area (Å²) >= 11 is 1.32. The van der Waals surface area contributed by atoms with Crippen LogP contribution in [0.4, 0.5) is 4.39 Å². The molecule has 0 aliphatic carbocycles. The van der Waals surface area contributed by atoms with Crippen molar-refractivity contribution in [3.05, 3.63) is 75.2 Å². The molecule has 7 heteroatoms. The number of ether oxygens (including phenoxy) is 1. The van der Waals surface area contributed by atoms with Crippen molar-refractivity contribution in [3.8, 4) is 5.75 Å². The Morgan fingerprint density at radius 2 is 1.96 bits per heavy atom. The third-order valence-electron chi connectivity index (χ3n) is 3.91. The molecule has 27 heavy (non-hydrogen) atoms. The van der Waals surface area contributed by atoms with Crippen molar-refractivity contribution in [2.24, 2.45) is 0 Å². The minimum absolute atomic E-state index is 0.157. The van der Waals surface area contributed by atoms with E-state index < -0.39 is 0 Å². The smallest absolute Gasteiger partial charge is 0.263 e. The monoisotopic (exact) mass is 385 g/mol. The van der Waals surface area contributed by atoms with Crippen molar-refractivity contribution in [3.63, 3.8) is 0 Å². The van der Waals surface area contributed by atoms with Crippen LogP contribution in [0.2, 0.25) is 0 Å². The fourth-order valence-electron chi connectivity index (χ4n) is 2.46. The summed E-state index contributed by atoms with van der Waals surface area (Å²) in [6, 6.07) is 10.00. The van der Waals surface area contributed by atoms with Crippen LogP contribution in [0.1, 0.15) is 31.6 Å². The molecule has 3 rings (SSSR count). The first-order valence-electron chi connectivity index (χ1n) is 8.55. The second kappa shape index (κ2) is 8.73. The molecule has 3 aromatic rings. The zero-order valence-corrected chi connectivity index (χ0v) is 16.0. The first-order chi connectivity index (χ1) is 13.0. The van der Waals surface area contributed by atoms with Gasteiger partial charge < -0.3 is 10.1 Å². The predicted octanol–water partition coefficient (Wildman–Crippen LogP) is 3.85. The average molecular weight is 385 g/mol. The fraction of sp³-hybridized carbons (Fsp3) is 0.250. The number of benzene rings is 1. The maximum absolute atomic E-state index is 12.9. The van der Waals surface area contributed by atoms with E-state index in [4.69, 9.17) is 4.74 Å². The van der Waals surface area contributed by atoms with Gasteiger partial charge in [-0.3, -0.25) is 9.78 Å². The number of rotatable bonds is 7. The number of carbonyl (C=O) groups excluding carboxylic acids is 1. The molecule has 0 aliphatic heterocycles. The molecular formula is C20H20FN3O2S. The molecule has 0 bridgehead atoms. The van der Waals surface area contributed by atoms with Gasteiger partial charge in [0.15, 0.2) is 0 Å². The van der Waals surface area contributed by atoms with Gasteiger partial charge in [-0.05, 0) is 50.1 Å². The summed E-state index contributed by atoms with van der Waals surface area (Å²) in [5, 5.41) is 3.62. The highest BCUT2D eigenvalue weighted by molar-refractivity contribution is 7.13. The van der Waals surface area contributed by atoms with E-state index in [-0.39, 0.29) is 11.7 Å². The van der Waals surface area contributed by atoms with Gasteiger partial charge in [-0.1, -0.05) is 12.1 Å². The Balaban J connectivity index is 1.52. The van der Waals surface area contributed by atoms with Gasteiger partial charge in [0, 0.05) is 12.2 Å². The standard InChI is InChI=1S/C20H20FN3O2S/c1-13-3-8-17(11-23-13)26-12-18-24-14(2)19(27-18)20(25)22-10-9-15-4-6-16(21)7-5-15/h3-8,11H,9-10,12H2,1-2H3,(H,22,25). The molecule has 0 fully saturated rings. The number of nitrogens with one attached hydrogen (secondary N) is 1. The molecule has 1 N–H and O–H groups in total. The number of thiazole rings is 1. The summed E-state index contributed by atoms with van der Waals surface area (Å²) in [5.74, 6) is 0.244. The molecule has 0 saturated carbocycles. The van der Waals surface area contributed by atoms with E-state index in [0.29, 0.717) is 35.9 Å². The topological polar surface area (TPSA) is 64.1 Å². The molecule has 2 aromatic heterocycles. The van der Waals surface area contributed by atoms with E-state index in [9.17, 15) is 9.18 Å². The average Bonchev–Trinajstić information content (AvgIpc) is 3.03. The lowest BCUT2D eigenvalue weighted by Crippen LogP contribution is -2.25. The van der Waals surface area contributed by atoms with Crippen LogP contribution in [0.25, 0.3) is 0 Å². The lowest BCUT2D eigenvalue weighted by Gasteiger charge is -2.04. The van der Waals surface area contributed by atoms with Crippen LogP contribution in [0.3, 0.4) is 0 Å². The molecule has 0 unspecified atom stereocenters. The van der Waals surface area contributed by atoms with Crippen LogP contribution >= 0.6 is 11.3 Å². The number of hydrogen-bond acceptors (Lipinski definition) is 5. The fourth-order valence-corrected chi connectivity index (χ4v) is 3.36. The van der Waals surface area contributed by atoms with Gasteiger partial charge in [0.05, 0.1) is 11.9 Å². The number of amides is 1. The summed E-state index contributed by atoms with van der Waals surface area (Å²) < 4.78 is 18.6.